The van der Waals surface area contributed by atoms with E-state index in [-0.39, 0.29) is 11.6 Å². The third-order valence-corrected chi connectivity index (χ3v) is 4.13. The van der Waals surface area contributed by atoms with E-state index in [1.165, 1.54) is 0 Å². The SMILES string of the molecule is O=C(Nc1cccc(Cn2cc(Cl)cn2)c1)c1cc(-c2ccccc2)on1. The number of amides is 1. The largest absolute Gasteiger partial charge is 0.355 e. The zero-order valence-corrected chi connectivity index (χ0v) is 14.9. The third kappa shape index (κ3) is 4.07. The molecule has 0 radical (unpaired) electrons. The van der Waals surface area contributed by atoms with Crippen LogP contribution in [0.5, 0.6) is 0 Å². The van der Waals surface area contributed by atoms with Gasteiger partial charge in [0.2, 0.25) is 0 Å². The highest BCUT2D eigenvalue weighted by Crippen LogP contribution is 2.20. The monoisotopic (exact) mass is 378 g/mol. The quantitative estimate of drug-likeness (QED) is 0.555. The van der Waals surface area contributed by atoms with Crippen LogP contribution < -0.4 is 5.32 Å². The number of hydrogen-bond donors (Lipinski definition) is 1. The van der Waals surface area contributed by atoms with Gasteiger partial charge in [0.15, 0.2) is 11.5 Å². The fourth-order valence-corrected chi connectivity index (χ4v) is 2.83. The van der Waals surface area contributed by atoms with Gasteiger partial charge in [-0.05, 0) is 17.7 Å². The van der Waals surface area contributed by atoms with E-state index < -0.39 is 0 Å². The second-order valence-electron chi connectivity index (χ2n) is 5.95. The molecule has 2 heterocycles. The summed E-state index contributed by atoms with van der Waals surface area (Å²) in [7, 11) is 0. The number of carbonyl (C=O) groups is 1. The van der Waals surface area contributed by atoms with Crippen LogP contribution in [0.2, 0.25) is 5.02 Å². The van der Waals surface area contributed by atoms with E-state index in [1.54, 1.807) is 23.1 Å². The maximum Gasteiger partial charge on any atom is 0.277 e. The van der Waals surface area contributed by atoms with Crippen LogP contribution >= 0.6 is 11.6 Å². The minimum absolute atomic E-state index is 0.220. The van der Waals surface area contributed by atoms with Gasteiger partial charge < -0.3 is 9.84 Å². The summed E-state index contributed by atoms with van der Waals surface area (Å²) in [6.45, 7) is 0.554. The molecule has 0 saturated heterocycles. The molecule has 1 amide bonds. The molecule has 0 aliphatic heterocycles. The zero-order chi connectivity index (χ0) is 18.6. The number of anilines is 1. The smallest absolute Gasteiger partial charge is 0.277 e. The number of halogens is 1. The lowest BCUT2D eigenvalue weighted by Crippen LogP contribution is -2.12. The van der Waals surface area contributed by atoms with Crippen LogP contribution in [0.4, 0.5) is 5.69 Å². The summed E-state index contributed by atoms with van der Waals surface area (Å²) in [4.78, 5) is 12.5. The van der Waals surface area contributed by atoms with Crippen LogP contribution in [0.15, 0.2) is 77.6 Å². The average molecular weight is 379 g/mol. The topological polar surface area (TPSA) is 73.0 Å². The number of rotatable bonds is 5. The van der Waals surface area contributed by atoms with Crippen molar-refractivity contribution in [2.24, 2.45) is 0 Å². The number of carbonyl (C=O) groups excluding carboxylic acids is 1. The van der Waals surface area contributed by atoms with Crippen molar-refractivity contribution in [2.45, 2.75) is 6.54 Å². The molecule has 2 aromatic carbocycles. The van der Waals surface area contributed by atoms with Gasteiger partial charge in [-0.25, -0.2) is 0 Å². The molecule has 0 bridgehead atoms. The molecule has 134 valence electrons. The first-order valence-corrected chi connectivity index (χ1v) is 8.65. The molecule has 1 N–H and O–H groups in total. The van der Waals surface area contributed by atoms with Crippen molar-refractivity contribution in [1.82, 2.24) is 14.9 Å². The normalized spacial score (nSPS) is 10.7. The van der Waals surface area contributed by atoms with Gasteiger partial charge in [-0.1, -0.05) is 59.2 Å². The van der Waals surface area contributed by atoms with Crippen molar-refractivity contribution < 1.29 is 9.32 Å². The molecule has 0 aliphatic carbocycles. The summed E-state index contributed by atoms with van der Waals surface area (Å²) >= 11 is 5.88. The Balaban J connectivity index is 1.47. The Bertz CT molecular complexity index is 1070. The van der Waals surface area contributed by atoms with Crippen LogP contribution in [0.1, 0.15) is 16.1 Å². The second kappa shape index (κ2) is 7.47. The molecule has 0 spiro atoms. The molecule has 0 fully saturated rings. The molecule has 27 heavy (non-hydrogen) atoms. The molecule has 4 rings (SSSR count). The fraction of sp³-hybridized carbons (Fsp3) is 0.0500. The van der Waals surface area contributed by atoms with Crippen LogP contribution in [0, 0.1) is 0 Å². The summed E-state index contributed by atoms with van der Waals surface area (Å²) in [6.07, 6.45) is 3.33. The third-order valence-electron chi connectivity index (χ3n) is 3.93. The molecular formula is C20H15ClN4O2. The van der Waals surface area contributed by atoms with Gasteiger partial charge in [0.05, 0.1) is 17.8 Å². The summed E-state index contributed by atoms with van der Waals surface area (Å²) in [5.74, 6) is 0.213. The molecule has 4 aromatic rings. The molecule has 0 aliphatic rings. The average Bonchev–Trinajstić information content (AvgIpc) is 3.32. The molecule has 0 unspecified atom stereocenters. The maximum absolute atomic E-state index is 12.5. The number of nitrogens with zero attached hydrogens (tertiary/aromatic N) is 3. The first kappa shape index (κ1) is 17.1. The lowest BCUT2D eigenvalue weighted by molar-refractivity contribution is 0.101. The van der Waals surface area contributed by atoms with Crippen LogP contribution in [0.25, 0.3) is 11.3 Å². The molecule has 0 saturated carbocycles. The summed E-state index contributed by atoms with van der Waals surface area (Å²) in [6, 6.07) is 18.6. The van der Waals surface area contributed by atoms with E-state index in [2.05, 4.69) is 15.6 Å². The van der Waals surface area contributed by atoms with Gasteiger partial charge in [0.25, 0.3) is 5.91 Å². The first-order valence-electron chi connectivity index (χ1n) is 8.28. The highest BCUT2D eigenvalue weighted by Gasteiger charge is 2.14. The predicted molar refractivity (Wildman–Crippen MR) is 103 cm³/mol. The molecular weight excluding hydrogens is 364 g/mol. The van der Waals surface area contributed by atoms with Gasteiger partial charge in [-0.3, -0.25) is 9.48 Å². The molecule has 6 nitrogen and oxygen atoms in total. The van der Waals surface area contributed by atoms with E-state index in [4.69, 9.17) is 16.1 Å². The molecule has 2 aromatic heterocycles. The molecule has 7 heteroatoms. The maximum atomic E-state index is 12.5. The Morgan fingerprint density at radius 3 is 2.74 bits per heavy atom. The van der Waals surface area contributed by atoms with E-state index >= 15 is 0 Å². The van der Waals surface area contributed by atoms with Crippen molar-refractivity contribution >= 4 is 23.2 Å². The van der Waals surface area contributed by atoms with Crippen molar-refractivity contribution in [3.8, 4) is 11.3 Å². The van der Waals surface area contributed by atoms with Crippen LogP contribution in [0.3, 0.4) is 0 Å². The van der Waals surface area contributed by atoms with Gasteiger partial charge in [0, 0.05) is 23.5 Å². The Hall–Kier alpha value is -3.38. The van der Waals surface area contributed by atoms with Gasteiger partial charge in [-0.2, -0.15) is 5.10 Å². The van der Waals surface area contributed by atoms with E-state index in [9.17, 15) is 4.79 Å². The number of benzene rings is 2. The van der Waals surface area contributed by atoms with Crippen LogP contribution in [-0.2, 0) is 6.54 Å². The van der Waals surface area contributed by atoms with Gasteiger partial charge in [0.1, 0.15) is 0 Å². The number of aromatic nitrogens is 3. The number of nitrogens with one attached hydrogen (secondary N) is 1. The van der Waals surface area contributed by atoms with Crippen molar-refractivity contribution in [2.75, 3.05) is 5.32 Å². The van der Waals surface area contributed by atoms with Crippen molar-refractivity contribution in [1.29, 1.82) is 0 Å². The minimum Gasteiger partial charge on any atom is -0.355 e. The van der Waals surface area contributed by atoms with E-state index in [1.807, 2.05) is 54.6 Å². The highest BCUT2D eigenvalue weighted by molar-refractivity contribution is 6.30. The van der Waals surface area contributed by atoms with Gasteiger partial charge >= 0.3 is 0 Å². The second-order valence-corrected chi connectivity index (χ2v) is 6.39. The lowest BCUT2D eigenvalue weighted by atomic mass is 10.1. The number of hydrogen-bond acceptors (Lipinski definition) is 4. The summed E-state index contributed by atoms with van der Waals surface area (Å²) in [5, 5.41) is 11.4. The highest BCUT2D eigenvalue weighted by atomic mass is 35.5. The van der Waals surface area contributed by atoms with E-state index in [0.29, 0.717) is 23.0 Å². The Morgan fingerprint density at radius 2 is 1.96 bits per heavy atom. The Morgan fingerprint density at radius 1 is 1.11 bits per heavy atom. The molecule has 0 atom stereocenters. The van der Waals surface area contributed by atoms with Crippen molar-refractivity contribution in [3.05, 3.63) is 89.3 Å². The minimum atomic E-state index is -0.333. The zero-order valence-electron chi connectivity index (χ0n) is 14.2. The van der Waals surface area contributed by atoms with Crippen LogP contribution in [-0.4, -0.2) is 20.8 Å². The summed E-state index contributed by atoms with van der Waals surface area (Å²) < 4.78 is 7.01. The Kier molecular flexibility index (Phi) is 4.72. The lowest BCUT2D eigenvalue weighted by Gasteiger charge is -2.06. The van der Waals surface area contributed by atoms with Gasteiger partial charge in [-0.15, -0.1) is 0 Å². The summed E-state index contributed by atoms with van der Waals surface area (Å²) in [5.41, 5.74) is 2.74. The fourth-order valence-electron chi connectivity index (χ4n) is 2.68. The standard InChI is InChI=1S/C20H15ClN4O2/c21-16-11-22-25(13-16)12-14-5-4-8-17(9-14)23-20(26)18-10-19(27-24-18)15-6-2-1-3-7-15/h1-11,13H,12H2,(H,23,26). The van der Waals surface area contributed by atoms with E-state index in [0.717, 1.165) is 11.1 Å². The Labute approximate surface area is 160 Å². The van der Waals surface area contributed by atoms with Crippen molar-refractivity contribution in [3.63, 3.8) is 0 Å². The first-order chi connectivity index (χ1) is 13.2. The predicted octanol–water partition coefficient (Wildman–Crippen LogP) is 4.49.